The van der Waals surface area contributed by atoms with E-state index in [0.29, 0.717) is 24.7 Å². The Labute approximate surface area is 193 Å². The smallest absolute Gasteiger partial charge is 0.383 e. The van der Waals surface area contributed by atoms with Gasteiger partial charge in [-0.05, 0) is 43.2 Å². The number of nitrogens with two attached hydrogens (primary N) is 1. The molecule has 4 aromatic rings. The number of pyridine rings is 2. The molecule has 1 aromatic carbocycles. The van der Waals surface area contributed by atoms with Crippen molar-refractivity contribution in [2.75, 3.05) is 22.5 Å². The first kappa shape index (κ1) is 21.9. The Morgan fingerprint density at radius 3 is 2.71 bits per heavy atom. The number of halogens is 3. The van der Waals surface area contributed by atoms with Crippen molar-refractivity contribution in [2.45, 2.75) is 39.2 Å². The molecule has 176 valence electrons. The van der Waals surface area contributed by atoms with Gasteiger partial charge in [0, 0.05) is 48.5 Å². The van der Waals surface area contributed by atoms with Crippen molar-refractivity contribution < 1.29 is 13.2 Å². The van der Waals surface area contributed by atoms with E-state index in [1.54, 1.807) is 12.4 Å². The predicted octanol–water partition coefficient (Wildman–Crippen LogP) is 4.32. The summed E-state index contributed by atoms with van der Waals surface area (Å²) < 4.78 is 40.7. The fourth-order valence-corrected chi connectivity index (χ4v) is 4.39. The van der Waals surface area contributed by atoms with E-state index in [0.717, 1.165) is 32.2 Å². The zero-order valence-corrected chi connectivity index (χ0v) is 18.6. The lowest BCUT2D eigenvalue weighted by Crippen LogP contribution is -2.38. The molecule has 4 heterocycles. The zero-order chi connectivity index (χ0) is 24.0. The molecule has 5 rings (SSSR count). The number of fused-ring (bicyclic) bond motifs is 2. The second kappa shape index (κ2) is 8.15. The molecule has 0 radical (unpaired) electrons. The number of aromatic nitrogens is 5. The molecule has 8 nitrogen and oxygen atoms in total. The quantitative estimate of drug-likeness (QED) is 0.460. The van der Waals surface area contributed by atoms with Gasteiger partial charge in [0.25, 0.3) is 0 Å². The third-order valence-corrected chi connectivity index (χ3v) is 6.24. The van der Waals surface area contributed by atoms with Crippen LogP contribution < -0.4 is 16.0 Å². The summed E-state index contributed by atoms with van der Waals surface area (Å²) in [6, 6.07) is 9.33. The molecule has 0 saturated carbocycles. The molecule has 0 amide bonds. The average Bonchev–Trinajstić information content (AvgIpc) is 3.25. The summed E-state index contributed by atoms with van der Waals surface area (Å²) in [6.07, 6.45) is -1.04. The van der Waals surface area contributed by atoms with E-state index in [9.17, 15) is 13.2 Å². The van der Waals surface area contributed by atoms with E-state index in [2.05, 4.69) is 25.5 Å². The van der Waals surface area contributed by atoms with Gasteiger partial charge >= 0.3 is 6.18 Å². The largest absolute Gasteiger partial charge is 0.451 e. The molecule has 0 spiro atoms. The number of nitrogens with one attached hydrogen (secondary N) is 1. The van der Waals surface area contributed by atoms with Gasteiger partial charge in [0.15, 0.2) is 5.82 Å². The number of alkyl halides is 3. The third kappa shape index (κ3) is 3.76. The lowest BCUT2D eigenvalue weighted by atomic mass is 10.1. The first-order valence-corrected chi connectivity index (χ1v) is 10.8. The van der Waals surface area contributed by atoms with Gasteiger partial charge in [0.2, 0.25) is 5.82 Å². The van der Waals surface area contributed by atoms with E-state index < -0.39 is 12.0 Å². The van der Waals surface area contributed by atoms with Crippen molar-refractivity contribution in [1.29, 1.82) is 0 Å². The highest BCUT2D eigenvalue weighted by molar-refractivity contribution is 5.99. The number of hydrogen-bond acceptors (Lipinski definition) is 7. The van der Waals surface area contributed by atoms with Crippen LogP contribution in [0, 0.1) is 6.92 Å². The molecule has 0 bridgehead atoms. The molecule has 1 atom stereocenters. The molecule has 0 saturated heterocycles. The summed E-state index contributed by atoms with van der Waals surface area (Å²) in [4.78, 5) is 10.7. The fourth-order valence-electron chi connectivity index (χ4n) is 4.39. The van der Waals surface area contributed by atoms with E-state index in [1.807, 2.05) is 49.1 Å². The van der Waals surface area contributed by atoms with Gasteiger partial charge in [-0.1, -0.05) is 12.1 Å². The number of aryl methyl sites for hydroxylation is 1. The van der Waals surface area contributed by atoms with Crippen LogP contribution in [0.25, 0.3) is 10.8 Å². The Morgan fingerprint density at radius 1 is 1.12 bits per heavy atom. The number of hydrogen-bond donors (Lipinski definition) is 2. The Morgan fingerprint density at radius 2 is 1.94 bits per heavy atom. The van der Waals surface area contributed by atoms with Gasteiger partial charge in [0.05, 0.1) is 6.04 Å². The Balaban J connectivity index is 1.35. The molecule has 3 N–H and O–H groups in total. The first-order valence-electron chi connectivity index (χ1n) is 10.8. The lowest BCUT2D eigenvalue weighted by Gasteiger charge is -2.35. The molecule has 1 unspecified atom stereocenters. The molecule has 11 heteroatoms. The molecule has 34 heavy (non-hydrogen) atoms. The minimum Gasteiger partial charge on any atom is -0.383 e. The normalized spacial score (nSPS) is 16.0. The minimum absolute atomic E-state index is 0.143. The summed E-state index contributed by atoms with van der Waals surface area (Å²) in [6.45, 7) is 4.88. The standard InChI is InChI=1S/C23H23F3N8/c1-13-10-19(33-8-9-34-21(14(33)2)31-32-22(34)23(24,25)26)30-12-15(13)11-29-18-5-3-4-17-16(18)6-7-28-20(17)27/h3-7,10,12,14,29H,8-9,11H2,1-2H3,(H2,27,28). The van der Waals surface area contributed by atoms with Crippen molar-refractivity contribution in [3.63, 3.8) is 0 Å². The summed E-state index contributed by atoms with van der Waals surface area (Å²) in [5, 5.41) is 12.5. The average molecular weight is 468 g/mol. The van der Waals surface area contributed by atoms with Crippen LogP contribution in [0.1, 0.15) is 35.7 Å². The summed E-state index contributed by atoms with van der Waals surface area (Å²) in [7, 11) is 0. The van der Waals surface area contributed by atoms with Crippen molar-refractivity contribution in [1.82, 2.24) is 24.7 Å². The van der Waals surface area contributed by atoms with Crippen LogP contribution >= 0.6 is 0 Å². The highest BCUT2D eigenvalue weighted by Crippen LogP contribution is 2.34. The van der Waals surface area contributed by atoms with Crippen LogP contribution in [0.15, 0.2) is 42.7 Å². The fraction of sp³-hybridized carbons (Fsp3) is 0.304. The molecular weight excluding hydrogens is 445 g/mol. The number of nitrogen functional groups attached to an aromatic ring is 1. The molecule has 1 aliphatic rings. The van der Waals surface area contributed by atoms with E-state index >= 15 is 0 Å². The minimum atomic E-state index is -4.52. The van der Waals surface area contributed by atoms with Gasteiger partial charge in [-0.15, -0.1) is 10.2 Å². The maximum atomic E-state index is 13.2. The van der Waals surface area contributed by atoms with Crippen LogP contribution in [0.2, 0.25) is 0 Å². The van der Waals surface area contributed by atoms with Gasteiger partial charge in [-0.2, -0.15) is 13.2 Å². The summed E-state index contributed by atoms with van der Waals surface area (Å²) in [5.74, 6) is 0.511. The first-order chi connectivity index (χ1) is 16.2. The highest BCUT2D eigenvalue weighted by Gasteiger charge is 2.41. The Kier molecular flexibility index (Phi) is 5.26. The second-order valence-electron chi connectivity index (χ2n) is 8.32. The molecule has 0 fully saturated rings. The van der Waals surface area contributed by atoms with E-state index in [4.69, 9.17) is 5.73 Å². The summed E-state index contributed by atoms with van der Waals surface area (Å²) in [5.41, 5.74) is 8.96. The number of nitrogens with zero attached hydrogens (tertiary/aromatic N) is 6. The van der Waals surface area contributed by atoms with E-state index in [-0.39, 0.29) is 18.4 Å². The van der Waals surface area contributed by atoms with Gasteiger partial charge < -0.3 is 20.5 Å². The van der Waals surface area contributed by atoms with Gasteiger partial charge in [-0.3, -0.25) is 0 Å². The highest BCUT2D eigenvalue weighted by atomic mass is 19.4. The van der Waals surface area contributed by atoms with Gasteiger partial charge in [0.1, 0.15) is 11.6 Å². The van der Waals surface area contributed by atoms with Crippen molar-refractivity contribution in [3.8, 4) is 0 Å². The summed E-state index contributed by atoms with van der Waals surface area (Å²) >= 11 is 0. The SMILES string of the molecule is Cc1cc(N2CCn3c(nnc3C(F)(F)F)C2C)ncc1CNc1cccc2c(N)nccc12. The monoisotopic (exact) mass is 468 g/mol. The van der Waals surface area contributed by atoms with Crippen LogP contribution in [0.4, 0.5) is 30.5 Å². The Hall–Kier alpha value is -3.89. The third-order valence-electron chi connectivity index (χ3n) is 6.24. The predicted molar refractivity (Wildman–Crippen MR) is 123 cm³/mol. The van der Waals surface area contributed by atoms with E-state index in [1.165, 1.54) is 0 Å². The maximum Gasteiger partial charge on any atom is 0.451 e. The van der Waals surface area contributed by atoms with Crippen LogP contribution in [0.3, 0.4) is 0 Å². The van der Waals surface area contributed by atoms with Gasteiger partial charge in [-0.25, -0.2) is 9.97 Å². The van der Waals surface area contributed by atoms with Crippen molar-refractivity contribution in [2.24, 2.45) is 0 Å². The second-order valence-corrected chi connectivity index (χ2v) is 8.32. The van der Waals surface area contributed by atoms with Crippen LogP contribution in [-0.2, 0) is 19.3 Å². The number of benzene rings is 1. The topological polar surface area (TPSA) is 97.8 Å². The number of rotatable bonds is 4. The van der Waals surface area contributed by atoms with Crippen molar-refractivity contribution in [3.05, 3.63) is 65.5 Å². The lowest BCUT2D eigenvalue weighted by molar-refractivity contribution is -0.147. The molecular formula is C23H23F3N8. The van der Waals surface area contributed by atoms with Crippen LogP contribution in [0.5, 0.6) is 0 Å². The number of anilines is 3. The Bertz CT molecular complexity index is 1360. The van der Waals surface area contributed by atoms with Crippen LogP contribution in [-0.4, -0.2) is 31.3 Å². The van der Waals surface area contributed by atoms with Crippen molar-refractivity contribution >= 4 is 28.1 Å². The molecule has 1 aliphatic heterocycles. The maximum absolute atomic E-state index is 13.2. The molecule has 0 aliphatic carbocycles. The zero-order valence-electron chi connectivity index (χ0n) is 18.6. The molecule has 3 aromatic heterocycles.